The van der Waals surface area contributed by atoms with Crippen molar-refractivity contribution in [1.29, 1.82) is 0 Å². The Morgan fingerprint density at radius 1 is 1.00 bits per heavy atom. The van der Waals surface area contributed by atoms with E-state index in [2.05, 4.69) is 4.98 Å². The van der Waals surface area contributed by atoms with E-state index in [-0.39, 0.29) is 11.7 Å². The standard InChI is InChI=1S/C23H24N2O3S2/c1-18-10-12-20(13-11-18)30(27,28)16-15-29-22-21(9-6-14-24-22)23(26)25(2)17-19-7-4-3-5-8-19/h3-14H,15-17H2,1-2H3. The first kappa shape index (κ1) is 22.1. The van der Waals surface area contributed by atoms with Crippen LogP contribution in [0.3, 0.4) is 0 Å². The van der Waals surface area contributed by atoms with E-state index in [0.29, 0.717) is 27.8 Å². The Hall–Kier alpha value is -2.64. The molecule has 1 amide bonds. The van der Waals surface area contributed by atoms with Gasteiger partial charge < -0.3 is 4.90 Å². The highest BCUT2D eigenvalue weighted by Gasteiger charge is 2.19. The van der Waals surface area contributed by atoms with Gasteiger partial charge in [-0.25, -0.2) is 13.4 Å². The van der Waals surface area contributed by atoms with Gasteiger partial charge in [-0.3, -0.25) is 4.79 Å². The van der Waals surface area contributed by atoms with Crippen LogP contribution >= 0.6 is 11.8 Å². The normalized spacial score (nSPS) is 11.3. The van der Waals surface area contributed by atoms with E-state index in [0.717, 1.165) is 11.1 Å². The minimum absolute atomic E-state index is 0.0230. The van der Waals surface area contributed by atoms with Gasteiger partial charge in [0, 0.05) is 25.5 Å². The third kappa shape index (κ3) is 5.70. The number of hydrogen-bond donors (Lipinski definition) is 0. The van der Waals surface area contributed by atoms with Gasteiger partial charge in [-0.15, -0.1) is 11.8 Å². The lowest BCUT2D eigenvalue weighted by molar-refractivity contribution is 0.0781. The number of hydrogen-bond acceptors (Lipinski definition) is 5. The summed E-state index contributed by atoms with van der Waals surface area (Å²) in [6, 6.07) is 20.0. The molecule has 0 N–H and O–H groups in total. The number of sulfone groups is 1. The lowest BCUT2D eigenvalue weighted by atomic mass is 10.2. The van der Waals surface area contributed by atoms with Gasteiger partial charge in [0.2, 0.25) is 0 Å². The molecule has 1 heterocycles. The van der Waals surface area contributed by atoms with Crippen LogP contribution in [-0.4, -0.2) is 42.8 Å². The van der Waals surface area contributed by atoms with E-state index in [1.807, 2.05) is 37.3 Å². The van der Waals surface area contributed by atoms with Gasteiger partial charge in [-0.2, -0.15) is 0 Å². The fourth-order valence-electron chi connectivity index (χ4n) is 2.91. The molecule has 2 aromatic carbocycles. The van der Waals surface area contributed by atoms with Crippen molar-refractivity contribution in [3.63, 3.8) is 0 Å². The van der Waals surface area contributed by atoms with Crippen LogP contribution < -0.4 is 0 Å². The second-order valence-electron chi connectivity index (χ2n) is 6.98. The van der Waals surface area contributed by atoms with Crippen LogP contribution in [0.5, 0.6) is 0 Å². The summed E-state index contributed by atoms with van der Waals surface area (Å²) in [5.74, 6) is 0.150. The highest BCUT2D eigenvalue weighted by Crippen LogP contribution is 2.23. The molecule has 7 heteroatoms. The van der Waals surface area contributed by atoms with Crippen molar-refractivity contribution in [2.45, 2.75) is 23.4 Å². The number of aromatic nitrogens is 1. The average Bonchev–Trinajstić information content (AvgIpc) is 2.74. The molecule has 0 aliphatic heterocycles. The maximum atomic E-state index is 12.9. The smallest absolute Gasteiger partial charge is 0.256 e. The summed E-state index contributed by atoms with van der Waals surface area (Å²) in [5.41, 5.74) is 2.53. The first-order chi connectivity index (χ1) is 14.4. The number of amides is 1. The van der Waals surface area contributed by atoms with E-state index in [1.165, 1.54) is 11.8 Å². The van der Waals surface area contributed by atoms with Crippen molar-refractivity contribution in [2.24, 2.45) is 0 Å². The molecule has 3 rings (SSSR count). The molecule has 0 atom stereocenters. The molecular formula is C23H24N2O3S2. The summed E-state index contributed by atoms with van der Waals surface area (Å²) in [5, 5.41) is 0.543. The Bertz CT molecular complexity index is 1100. The Labute approximate surface area is 182 Å². The van der Waals surface area contributed by atoms with Crippen LogP contribution in [-0.2, 0) is 16.4 Å². The molecule has 30 heavy (non-hydrogen) atoms. The molecule has 0 fully saturated rings. The SMILES string of the molecule is Cc1ccc(S(=O)(=O)CCSc2ncccc2C(=O)N(C)Cc2ccccc2)cc1. The summed E-state index contributed by atoms with van der Waals surface area (Å²) in [4.78, 5) is 19.2. The Morgan fingerprint density at radius 3 is 2.40 bits per heavy atom. The van der Waals surface area contributed by atoms with Gasteiger partial charge in [0.25, 0.3) is 5.91 Å². The maximum Gasteiger partial charge on any atom is 0.256 e. The van der Waals surface area contributed by atoms with Gasteiger partial charge in [0.05, 0.1) is 16.2 Å². The van der Waals surface area contributed by atoms with Crippen molar-refractivity contribution in [1.82, 2.24) is 9.88 Å². The van der Waals surface area contributed by atoms with E-state index >= 15 is 0 Å². The molecule has 0 aliphatic carbocycles. The summed E-state index contributed by atoms with van der Waals surface area (Å²) in [7, 11) is -1.63. The third-order valence-electron chi connectivity index (χ3n) is 4.58. The van der Waals surface area contributed by atoms with Crippen LogP contribution in [0.4, 0.5) is 0 Å². The number of aryl methyl sites for hydroxylation is 1. The molecule has 0 saturated carbocycles. The number of benzene rings is 2. The van der Waals surface area contributed by atoms with Crippen molar-refractivity contribution in [3.8, 4) is 0 Å². The van der Waals surface area contributed by atoms with Crippen LogP contribution in [0.15, 0.2) is 82.8 Å². The molecule has 0 radical (unpaired) electrons. The number of carbonyl (C=O) groups excluding carboxylic acids is 1. The van der Waals surface area contributed by atoms with Gasteiger partial charge in [0.1, 0.15) is 5.03 Å². The minimum atomic E-state index is -3.38. The number of nitrogens with zero attached hydrogens (tertiary/aromatic N) is 2. The van der Waals surface area contributed by atoms with Crippen molar-refractivity contribution in [3.05, 3.63) is 89.6 Å². The first-order valence-electron chi connectivity index (χ1n) is 9.53. The lowest BCUT2D eigenvalue weighted by Gasteiger charge is -2.18. The quantitative estimate of drug-likeness (QED) is 0.491. The number of thioether (sulfide) groups is 1. The number of carbonyl (C=O) groups is 1. The zero-order chi connectivity index (χ0) is 21.6. The van der Waals surface area contributed by atoms with Gasteiger partial charge >= 0.3 is 0 Å². The second kappa shape index (κ2) is 9.91. The molecule has 1 aromatic heterocycles. The molecule has 0 saturated heterocycles. The van der Waals surface area contributed by atoms with Crippen LogP contribution in [0, 0.1) is 6.92 Å². The molecule has 0 aliphatic rings. The van der Waals surface area contributed by atoms with Crippen molar-refractivity contribution >= 4 is 27.5 Å². The predicted octanol–water partition coefficient (Wildman–Crippen LogP) is 4.23. The van der Waals surface area contributed by atoms with E-state index in [4.69, 9.17) is 0 Å². The molecular weight excluding hydrogens is 416 g/mol. The van der Waals surface area contributed by atoms with Gasteiger partial charge in [0.15, 0.2) is 9.84 Å². The molecule has 0 spiro atoms. The minimum Gasteiger partial charge on any atom is -0.337 e. The number of rotatable bonds is 8. The van der Waals surface area contributed by atoms with Gasteiger partial charge in [-0.05, 0) is 36.8 Å². The predicted molar refractivity (Wildman–Crippen MR) is 120 cm³/mol. The largest absolute Gasteiger partial charge is 0.337 e. The van der Waals surface area contributed by atoms with Crippen molar-refractivity contribution < 1.29 is 13.2 Å². The summed E-state index contributed by atoms with van der Waals surface area (Å²) in [6.45, 7) is 2.40. The van der Waals surface area contributed by atoms with Crippen LogP contribution in [0.2, 0.25) is 0 Å². The fourth-order valence-corrected chi connectivity index (χ4v) is 5.55. The molecule has 3 aromatic rings. The maximum absolute atomic E-state index is 12.9. The van der Waals surface area contributed by atoms with Crippen molar-refractivity contribution in [2.75, 3.05) is 18.6 Å². The summed E-state index contributed by atoms with van der Waals surface area (Å²) >= 11 is 1.29. The summed E-state index contributed by atoms with van der Waals surface area (Å²) in [6.07, 6.45) is 1.62. The zero-order valence-corrected chi connectivity index (χ0v) is 18.6. The molecule has 0 bridgehead atoms. The second-order valence-corrected chi connectivity index (χ2v) is 10.2. The molecule has 0 unspecified atom stereocenters. The summed E-state index contributed by atoms with van der Waals surface area (Å²) < 4.78 is 25.1. The van der Waals surface area contributed by atoms with Crippen LogP contribution in [0.25, 0.3) is 0 Å². The van der Waals surface area contributed by atoms with E-state index in [1.54, 1.807) is 54.5 Å². The first-order valence-corrected chi connectivity index (χ1v) is 12.2. The number of pyridine rings is 1. The topological polar surface area (TPSA) is 67.3 Å². The Kier molecular flexibility index (Phi) is 7.29. The van der Waals surface area contributed by atoms with Crippen LogP contribution in [0.1, 0.15) is 21.5 Å². The fraction of sp³-hybridized carbons (Fsp3) is 0.217. The van der Waals surface area contributed by atoms with Gasteiger partial charge in [-0.1, -0.05) is 48.0 Å². The van der Waals surface area contributed by atoms with E-state index in [9.17, 15) is 13.2 Å². The monoisotopic (exact) mass is 440 g/mol. The highest BCUT2D eigenvalue weighted by atomic mass is 32.2. The molecule has 5 nitrogen and oxygen atoms in total. The Morgan fingerprint density at radius 2 is 1.70 bits per heavy atom. The Balaban J connectivity index is 1.66. The molecule has 156 valence electrons. The highest BCUT2D eigenvalue weighted by molar-refractivity contribution is 8.00. The third-order valence-corrected chi connectivity index (χ3v) is 7.58. The van der Waals surface area contributed by atoms with E-state index < -0.39 is 9.84 Å². The zero-order valence-electron chi connectivity index (χ0n) is 17.0. The average molecular weight is 441 g/mol. The lowest BCUT2D eigenvalue weighted by Crippen LogP contribution is -2.27.